The third kappa shape index (κ3) is 2.44. The maximum atomic E-state index is 5.86. The first-order chi connectivity index (χ1) is 5.97. The van der Waals surface area contributed by atoms with Gasteiger partial charge in [-0.25, -0.2) is 5.90 Å². The molecule has 4 heteroatoms. The summed E-state index contributed by atoms with van der Waals surface area (Å²) in [6.45, 7) is 3.76. The van der Waals surface area contributed by atoms with Crippen LogP contribution in [0.4, 0.5) is 0 Å². The van der Waals surface area contributed by atoms with Crippen LogP contribution in [0, 0.1) is 0 Å². The Hall–Kier alpha value is -0.0900. The highest BCUT2D eigenvalue weighted by Crippen LogP contribution is 2.31. The van der Waals surface area contributed by atoms with Crippen molar-refractivity contribution in [2.45, 2.75) is 19.4 Å². The van der Waals surface area contributed by atoms with Gasteiger partial charge in [-0.3, -0.25) is 4.84 Å². The molecule has 1 aromatic rings. The van der Waals surface area contributed by atoms with E-state index in [1.54, 1.807) is 0 Å². The number of nitrogens with two attached hydrogens (primary N) is 1. The van der Waals surface area contributed by atoms with Crippen LogP contribution in [0.5, 0.6) is 0 Å². The summed E-state index contributed by atoms with van der Waals surface area (Å²) < 4.78 is 0.937. The standard InChI is InChI=1S/C9H11BrClNO/c1-9(2,13-12)7-5-6(11)3-4-8(7)10/h3-5H,12H2,1-2H3. The zero-order valence-corrected chi connectivity index (χ0v) is 9.82. The van der Waals surface area contributed by atoms with Gasteiger partial charge in [-0.1, -0.05) is 27.5 Å². The van der Waals surface area contributed by atoms with E-state index in [2.05, 4.69) is 15.9 Å². The second-order valence-corrected chi connectivity index (χ2v) is 4.54. The quantitative estimate of drug-likeness (QED) is 0.833. The molecule has 0 bridgehead atoms. The second kappa shape index (κ2) is 3.96. The van der Waals surface area contributed by atoms with E-state index in [4.69, 9.17) is 22.3 Å². The first kappa shape index (κ1) is 11.0. The van der Waals surface area contributed by atoms with Crippen molar-refractivity contribution in [3.8, 4) is 0 Å². The number of halogens is 2. The molecule has 0 heterocycles. The van der Waals surface area contributed by atoms with Gasteiger partial charge < -0.3 is 0 Å². The average molecular weight is 265 g/mol. The van der Waals surface area contributed by atoms with E-state index in [1.807, 2.05) is 32.0 Å². The van der Waals surface area contributed by atoms with Gasteiger partial charge in [0.15, 0.2) is 0 Å². The molecule has 0 saturated carbocycles. The fourth-order valence-electron chi connectivity index (χ4n) is 1.02. The van der Waals surface area contributed by atoms with Crippen LogP contribution in [0.3, 0.4) is 0 Å². The van der Waals surface area contributed by atoms with Crippen LogP contribution in [-0.4, -0.2) is 0 Å². The Bertz CT molecular complexity index is 314. The molecule has 72 valence electrons. The summed E-state index contributed by atoms with van der Waals surface area (Å²) in [5, 5.41) is 0.670. The minimum Gasteiger partial charge on any atom is -0.294 e. The van der Waals surface area contributed by atoms with E-state index in [-0.39, 0.29) is 0 Å². The highest BCUT2D eigenvalue weighted by atomic mass is 79.9. The van der Waals surface area contributed by atoms with E-state index in [0.717, 1.165) is 10.0 Å². The number of benzene rings is 1. The molecule has 0 aliphatic carbocycles. The van der Waals surface area contributed by atoms with E-state index >= 15 is 0 Å². The van der Waals surface area contributed by atoms with Crippen LogP contribution in [0.1, 0.15) is 19.4 Å². The molecule has 0 amide bonds. The largest absolute Gasteiger partial charge is 0.294 e. The lowest BCUT2D eigenvalue weighted by atomic mass is 9.99. The topological polar surface area (TPSA) is 35.2 Å². The third-order valence-corrected chi connectivity index (χ3v) is 2.80. The molecular formula is C9H11BrClNO. The first-order valence-electron chi connectivity index (χ1n) is 3.81. The second-order valence-electron chi connectivity index (χ2n) is 3.25. The van der Waals surface area contributed by atoms with Crippen molar-refractivity contribution in [2.24, 2.45) is 5.90 Å². The van der Waals surface area contributed by atoms with Gasteiger partial charge in [0.2, 0.25) is 0 Å². The smallest absolute Gasteiger partial charge is 0.110 e. The van der Waals surface area contributed by atoms with Crippen LogP contribution in [0.2, 0.25) is 5.02 Å². The predicted molar refractivity (Wildman–Crippen MR) is 57.5 cm³/mol. The molecule has 0 atom stereocenters. The summed E-state index contributed by atoms with van der Waals surface area (Å²) in [4.78, 5) is 4.87. The van der Waals surface area contributed by atoms with Crippen molar-refractivity contribution >= 4 is 27.5 Å². The van der Waals surface area contributed by atoms with Crippen LogP contribution >= 0.6 is 27.5 Å². The maximum absolute atomic E-state index is 5.86. The van der Waals surface area contributed by atoms with Gasteiger partial charge in [0.25, 0.3) is 0 Å². The van der Waals surface area contributed by atoms with E-state index in [0.29, 0.717) is 5.02 Å². The van der Waals surface area contributed by atoms with E-state index < -0.39 is 5.60 Å². The molecule has 0 aromatic heterocycles. The summed E-state index contributed by atoms with van der Waals surface area (Å²) in [6, 6.07) is 5.51. The normalized spacial score (nSPS) is 11.8. The lowest BCUT2D eigenvalue weighted by Gasteiger charge is -2.23. The van der Waals surface area contributed by atoms with Crippen molar-refractivity contribution in [1.29, 1.82) is 0 Å². The molecule has 0 radical (unpaired) electrons. The molecule has 0 fully saturated rings. The van der Waals surface area contributed by atoms with E-state index in [9.17, 15) is 0 Å². The van der Waals surface area contributed by atoms with E-state index in [1.165, 1.54) is 0 Å². The molecule has 2 nitrogen and oxygen atoms in total. The summed E-state index contributed by atoms with van der Waals surface area (Å²) in [6.07, 6.45) is 0. The van der Waals surface area contributed by atoms with Gasteiger partial charge in [0.1, 0.15) is 5.60 Å². The fourth-order valence-corrected chi connectivity index (χ4v) is 1.92. The van der Waals surface area contributed by atoms with Crippen molar-refractivity contribution < 1.29 is 4.84 Å². The molecule has 0 spiro atoms. The third-order valence-electron chi connectivity index (χ3n) is 1.87. The molecular weight excluding hydrogens is 253 g/mol. The van der Waals surface area contributed by atoms with Gasteiger partial charge >= 0.3 is 0 Å². The van der Waals surface area contributed by atoms with Crippen LogP contribution in [0.15, 0.2) is 22.7 Å². The summed E-state index contributed by atoms with van der Waals surface area (Å²) >= 11 is 9.28. The van der Waals surface area contributed by atoms with Gasteiger partial charge in [-0.05, 0) is 32.0 Å². The Morgan fingerprint density at radius 1 is 1.46 bits per heavy atom. The van der Waals surface area contributed by atoms with Gasteiger partial charge in [0.05, 0.1) is 0 Å². The number of rotatable bonds is 2. The van der Waals surface area contributed by atoms with Crippen molar-refractivity contribution in [1.82, 2.24) is 0 Å². The molecule has 1 rings (SSSR count). The average Bonchev–Trinajstić information content (AvgIpc) is 2.09. The predicted octanol–water partition coefficient (Wildman–Crippen LogP) is 3.23. The molecule has 0 aliphatic rings. The Balaban J connectivity index is 3.20. The monoisotopic (exact) mass is 263 g/mol. The number of hydrogen-bond donors (Lipinski definition) is 1. The summed E-state index contributed by atoms with van der Waals surface area (Å²) in [5.74, 6) is 5.19. The lowest BCUT2D eigenvalue weighted by Crippen LogP contribution is -2.25. The number of hydrogen-bond acceptors (Lipinski definition) is 2. The Labute approximate surface area is 91.1 Å². The zero-order valence-electron chi connectivity index (χ0n) is 7.47. The van der Waals surface area contributed by atoms with Gasteiger partial charge in [-0.15, -0.1) is 0 Å². The van der Waals surface area contributed by atoms with Crippen LogP contribution < -0.4 is 5.90 Å². The maximum Gasteiger partial charge on any atom is 0.110 e. The zero-order chi connectivity index (χ0) is 10.1. The van der Waals surface area contributed by atoms with Gasteiger partial charge in [0, 0.05) is 15.1 Å². The van der Waals surface area contributed by atoms with Crippen molar-refractivity contribution in [3.05, 3.63) is 33.3 Å². The molecule has 1 aromatic carbocycles. The van der Waals surface area contributed by atoms with Crippen LogP contribution in [-0.2, 0) is 10.4 Å². The molecule has 0 aliphatic heterocycles. The molecule has 0 unspecified atom stereocenters. The Morgan fingerprint density at radius 3 is 2.62 bits per heavy atom. The molecule has 2 N–H and O–H groups in total. The fraction of sp³-hybridized carbons (Fsp3) is 0.333. The summed E-state index contributed by atoms with van der Waals surface area (Å²) in [5.41, 5.74) is 0.395. The van der Waals surface area contributed by atoms with Gasteiger partial charge in [-0.2, -0.15) is 0 Å². The Kier molecular flexibility index (Phi) is 3.35. The summed E-state index contributed by atoms with van der Waals surface area (Å²) in [7, 11) is 0. The SMILES string of the molecule is CC(C)(ON)c1cc(Cl)ccc1Br. The van der Waals surface area contributed by atoms with Crippen molar-refractivity contribution in [3.63, 3.8) is 0 Å². The Morgan fingerprint density at radius 2 is 2.08 bits per heavy atom. The van der Waals surface area contributed by atoms with Crippen LogP contribution in [0.25, 0.3) is 0 Å². The minimum absolute atomic E-state index is 0.538. The molecule has 13 heavy (non-hydrogen) atoms. The highest BCUT2D eigenvalue weighted by Gasteiger charge is 2.23. The molecule has 0 saturated heterocycles. The minimum atomic E-state index is -0.538. The highest BCUT2D eigenvalue weighted by molar-refractivity contribution is 9.10. The first-order valence-corrected chi connectivity index (χ1v) is 4.98. The lowest BCUT2D eigenvalue weighted by molar-refractivity contribution is -0.0241. The van der Waals surface area contributed by atoms with Crippen molar-refractivity contribution in [2.75, 3.05) is 0 Å².